The van der Waals surface area contributed by atoms with Crippen LogP contribution in [0, 0.1) is 0 Å². The number of anilines is 1. The van der Waals surface area contributed by atoms with Crippen LogP contribution < -0.4 is 9.64 Å². The Bertz CT molecular complexity index is 715. The first-order chi connectivity index (χ1) is 11.8. The molecular formula is C17H20N2O6. The molecule has 0 atom stereocenters. The number of benzene rings is 1. The summed E-state index contributed by atoms with van der Waals surface area (Å²) < 4.78 is 5.36. The van der Waals surface area contributed by atoms with Crippen molar-refractivity contribution in [2.75, 3.05) is 31.6 Å². The van der Waals surface area contributed by atoms with Gasteiger partial charge in [-0.15, -0.1) is 0 Å². The molecule has 2 amide bonds. The average molecular weight is 348 g/mol. The third kappa shape index (κ3) is 4.56. The zero-order valence-corrected chi connectivity index (χ0v) is 14.2. The third-order valence-electron chi connectivity index (χ3n) is 3.94. The number of hydrogen-bond donors (Lipinski definition) is 1. The van der Waals surface area contributed by atoms with Gasteiger partial charge in [-0.2, -0.15) is 0 Å². The van der Waals surface area contributed by atoms with E-state index in [0.717, 1.165) is 0 Å². The fourth-order valence-electron chi connectivity index (χ4n) is 2.45. The van der Waals surface area contributed by atoms with Crippen LogP contribution in [0.3, 0.4) is 0 Å². The van der Waals surface area contributed by atoms with Gasteiger partial charge in [0, 0.05) is 32.1 Å². The van der Waals surface area contributed by atoms with E-state index < -0.39 is 5.97 Å². The van der Waals surface area contributed by atoms with Crippen molar-refractivity contribution in [2.24, 2.45) is 0 Å². The molecule has 8 nitrogen and oxygen atoms in total. The lowest BCUT2D eigenvalue weighted by Crippen LogP contribution is -2.41. The Kier molecular flexibility index (Phi) is 5.74. The summed E-state index contributed by atoms with van der Waals surface area (Å²) in [7, 11) is 1.52. The van der Waals surface area contributed by atoms with Gasteiger partial charge in [-0.1, -0.05) is 0 Å². The number of carboxylic acid groups (broad SMARTS) is 1. The van der Waals surface area contributed by atoms with Crippen molar-refractivity contribution < 1.29 is 29.0 Å². The molecule has 0 radical (unpaired) electrons. The molecular weight excluding hydrogens is 328 g/mol. The number of rotatable bonds is 7. The van der Waals surface area contributed by atoms with E-state index >= 15 is 0 Å². The first-order valence-corrected chi connectivity index (χ1v) is 7.83. The Morgan fingerprint density at radius 3 is 2.64 bits per heavy atom. The molecule has 8 heteroatoms. The monoisotopic (exact) mass is 348 g/mol. The van der Waals surface area contributed by atoms with Crippen LogP contribution in [0.25, 0.3) is 0 Å². The number of ketones is 1. The number of nitrogens with zero attached hydrogens (tertiary/aromatic N) is 2. The molecule has 1 heterocycles. The van der Waals surface area contributed by atoms with Crippen LogP contribution >= 0.6 is 0 Å². The smallest absolute Gasteiger partial charge is 0.305 e. The van der Waals surface area contributed by atoms with E-state index in [0.29, 0.717) is 17.0 Å². The Hall–Kier alpha value is -2.90. The Morgan fingerprint density at radius 2 is 2.00 bits per heavy atom. The van der Waals surface area contributed by atoms with Gasteiger partial charge in [0.15, 0.2) is 12.4 Å². The van der Waals surface area contributed by atoms with Crippen LogP contribution in [0.1, 0.15) is 30.1 Å². The quantitative estimate of drug-likeness (QED) is 0.735. The second-order valence-corrected chi connectivity index (χ2v) is 5.78. The van der Waals surface area contributed by atoms with Crippen molar-refractivity contribution >= 4 is 29.3 Å². The lowest BCUT2D eigenvalue weighted by atomic mass is 10.1. The molecule has 1 aromatic rings. The third-order valence-corrected chi connectivity index (χ3v) is 3.94. The summed E-state index contributed by atoms with van der Waals surface area (Å²) in [5.74, 6) is -1.19. The molecule has 1 aromatic carbocycles. The van der Waals surface area contributed by atoms with Crippen LogP contribution in [0.2, 0.25) is 0 Å². The van der Waals surface area contributed by atoms with Crippen LogP contribution in [0.4, 0.5) is 5.69 Å². The number of carbonyl (C=O) groups is 4. The average Bonchev–Trinajstić information content (AvgIpc) is 2.57. The van der Waals surface area contributed by atoms with E-state index in [4.69, 9.17) is 9.84 Å². The fraction of sp³-hybridized carbons (Fsp3) is 0.412. The first-order valence-electron chi connectivity index (χ1n) is 7.83. The molecule has 0 bridgehead atoms. The van der Waals surface area contributed by atoms with E-state index in [1.165, 1.54) is 23.8 Å². The number of ether oxygens (including phenoxy) is 1. The zero-order chi connectivity index (χ0) is 18.6. The van der Waals surface area contributed by atoms with E-state index in [1.807, 2.05) is 0 Å². The number of fused-ring (bicyclic) bond motifs is 1. The molecule has 0 saturated carbocycles. The summed E-state index contributed by atoms with van der Waals surface area (Å²) in [6.45, 7) is 1.54. The fourth-order valence-corrected chi connectivity index (χ4v) is 2.45. The number of hydrogen-bond acceptors (Lipinski definition) is 5. The Balaban J connectivity index is 2.08. The number of aliphatic carboxylic acids is 1. The molecule has 2 rings (SSSR count). The first kappa shape index (κ1) is 18.4. The Labute approximate surface area is 145 Å². The molecule has 1 N–H and O–H groups in total. The maximum absolute atomic E-state index is 12.1. The van der Waals surface area contributed by atoms with Crippen LogP contribution in [-0.4, -0.2) is 60.3 Å². The maximum atomic E-state index is 12.1. The lowest BCUT2D eigenvalue weighted by Gasteiger charge is -2.30. The predicted molar refractivity (Wildman–Crippen MR) is 88.8 cm³/mol. The second-order valence-electron chi connectivity index (χ2n) is 5.78. The lowest BCUT2D eigenvalue weighted by molar-refractivity contribution is -0.138. The number of carboxylic acids is 1. The zero-order valence-electron chi connectivity index (χ0n) is 14.2. The standard InChI is InChI=1S/C17H20N2O6/c1-11(20)12-3-4-14-13(9-12)19(16(22)10-25-14)8-5-15(21)18(2)7-6-17(23)24/h3-4,9H,5-8,10H2,1-2H3,(H,23,24). The molecule has 1 aliphatic rings. The summed E-state index contributed by atoms with van der Waals surface area (Å²) in [5.41, 5.74) is 0.914. The summed E-state index contributed by atoms with van der Waals surface area (Å²) in [6.07, 6.45) is -0.0882. The van der Waals surface area contributed by atoms with Gasteiger partial charge < -0.3 is 19.6 Å². The van der Waals surface area contributed by atoms with Gasteiger partial charge in [0.1, 0.15) is 5.75 Å². The normalized spacial score (nSPS) is 13.0. The minimum absolute atomic E-state index is 0.0472. The molecule has 1 aliphatic heterocycles. The SMILES string of the molecule is CC(=O)c1ccc2c(c1)N(CCC(=O)N(C)CCC(=O)O)C(=O)CO2. The van der Waals surface area contributed by atoms with E-state index in [1.54, 1.807) is 18.2 Å². The highest BCUT2D eigenvalue weighted by Crippen LogP contribution is 2.33. The van der Waals surface area contributed by atoms with Gasteiger partial charge >= 0.3 is 5.97 Å². The number of carbonyl (C=O) groups excluding carboxylic acids is 3. The molecule has 0 aliphatic carbocycles. The summed E-state index contributed by atoms with van der Waals surface area (Å²) >= 11 is 0. The summed E-state index contributed by atoms with van der Waals surface area (Å²) in [6, 6.07) is 4.83. The van der Waals surface area contributed by atoms with E-state index in [9.17, 15) is 19.2 Å². The van der Waals surface area contributed by atoms with E-state index in [-0.39, 0.29) is 50.1 Å². The van der Waals surface area contributed by atoms with Crippen molar-refractivity contribution in [2.45, 2.75) is 19.8 Å². The molecule has 134 valence electrons. The number of Topliss-reactive ketones (excluding diaryl/α,β-unsaturated/α-hetero) is 1. The van der Waals surface area contributed by atoms with Gasteiger partial charge in [-0.25, -0.2) is 0 Å². The van der Waals surface area contributed by atoms with Gasteiger partial charge in [-0.3, -0.25) is 19.2 Å². The van der Waals surface area contributed by atoms with Gasteiger partial charge in [-0.05, 0) is 25.1 Å². The van der Waals surface area contributed by atoms with Crippen molar-refractivity contribution in [3.05, 3.63) is 23.8 Å². The van der Waals surface area contributed by atoms with Gasteiger partial charge in [0.25, 0.3) is 5.91 Å². The topological polar surface area (TPSA) is 104 Å². The van der Waals surface area contributed by atoms with Gasteiger partial charge in [0.05, 0.1) is 12.1 Å². The molecule has 0 fully saturated rings. The highest BCUT2D eigenvalue weighted by molar-refractivity contribution is 6.01. The van der Waals surface area contributed by atoms with Crippen molar-refractivity contribution in [1.82, 2.24) is 4.90 Å². The minimum atomic E-state index is -0.978. The molecule has 0 spiro atoms. The minimum Gasteiger partial charge on any atom is -0.482 e. The maximum Gasteiger partial charge on any atom is 0.305 e. The largest absolute Gasteiger partial charge is 0.482 e. The van der Waals surface area contributed by atoms with E-state index in [2.05, 4.69) is 0 Å². The van der Waals surface area contributed by atoms with Crippen LogP contribution in [0.15, 0.2) is 18.2 Å². The predicted octanol–water partition coefficient (Wildman–Crippen LogP) is 0.938. The highest BCUT2D eigenvalue weighted by atomic mass is 16.5. The molecule has 0 aromatic heterocycles. The molecule has 0 unspecified atom stereocenters. The Morgan fingerprint density at radius 1 is 1.28 bits per heavy atom. The van der Waals surface area contributed by atoms with Crippen molar-refractivity contribution in [3.63, 3.8) is 0 Å². The van der Waals surface area contributed by atoms with Crippen molar-refractivity contribution in [3.8, 4) is 5.75 Å². The van der Waals surface area contributed by atoms with Crippen molar-refractivity contribution in [1.29, 1.82) is 0 Å². The molecule has 0 saturated heterocycles. The van der Waals surface area contributed by atoms with Gasteiger partial charge in [0.2, 0.25) is 5.91 Å². The molecule has 25 heavy (non-hydrogen) atoms. The summed E-state index contributed by atoms with van der Waals surface area (Å²) in [4.78, 5) is 49.1. The number of amides is 2. The summed E-state index contributed by atoms with van der Waals surface area (Å²) in [5, 5.41) is 8.66. The second kappa shape index (κ2) is 7.78. The van der Waals surface area contributed by atoms with Crippen LogP contribution in [0.5, 0.6) is 5.75 Å². The van der Waals surface area contributed by atoms with Crippen LogP contribution in [-0.2, 0) is 14.4 Å². The highest BCUT2D eigenvalue weighted by Gasteiger charge is 2.27.